The van der Waals surface area contributed by atoms with E-state index in [2.05, 4.69) is 29.8 Å². The zero-order chi connectivity index (χ0) is 14.4. The monoisotopic (exact) mass is 292 g/mol. The number of nitrogens with one attached hydrogen (secondary N) is 1. The van der Waals surface area contributed by atoms with Crippen LogP contribution >= 0.6 is 11.8 Å². The average Bonchev–Trinajstić information content (AvgIpc) is 2.49. The molecule has 0 radical (unpaired) electrons. The first-order valence-electron chi connectivity index (χ1n) is 7.11. The van der Waals surface area contributed by atoms with Crippen LogP contribution in [0.25, 0.3) is 0 Å². The van der Waals surface area contributed by atoms with Gasteiger partial charge in [-0.05, 0) is 37.3 Å². The van der Waals surface area contributed by atoms with Gasteiger partial charge in [-0.25, -0.2) is 5.84 Å². The molecule has 1 saturated carbocycles. The summed E-state index contributed by atoms with van der Waals surface area (Å²) in [7, 11) is 0. The van der Waals surface area contributed by atoms with Crippen LogP contribution in [-0.4, -0.2) is 12.3 Å². The van der Waals surface area contributed by atoms with Gasteiger partial charge in [0.2, 0.25) is 0 Å². The molecule has 0 saturated heterocycles. The van der Waals surface area contributed by atoms with Crippen molar-refractivity contribution in [3.8, 4) is 0 Å². The van der Waals surface area contributed by atoms with Crippen molar-refractivity contribution in [3.63, 3.8) is 0 Å². The largest absolute Gasteiger partial charge is 0.403 e. The van der Waals surface area contributed by atoms with Gasteiger partial charge in [0.25, 0.3) is 0 Å². The van der Waals surface area contributed by atoms with Gasteiger partial charge in [0.05, 0.1) is 11.4 Å². The third-order valence-electron chi connectivity index (χ3n) is 3.69. The van der Waals surface area contributed by atoms with E-state index in [0.29, 0.717) is 6.04 Å². The molecule has 20 heavy (non-hydrogen) atoms. The molecule has 2 rings (SSSR count). The summed E-state index contributed by atoms with van der Waals surface area (Å²) in [5.74, 6) is 6.05. The Kier molecular flexibility index (Phi) is 5.61. The molecule has 0 bridgehead atoms. The molecule has 1 aliphatic carbocycles. The van der Waals surface area contributed by atoms with Crippen molar-refractivity contribution < 1.29 is 0 Å². The summed E-state index contributed by atoms with van der Waals surface area (Å²) in [4.78, 5) is 1.19. The fraction of sp³-hybridized carbons (Fsp3) is 0.467. The number of anilines is 2. The van der Waals surface area contributed by atoms with Crippen LogP contribution in [0.3, 0.4) is 0 Å². The third-order valence-corrected chi connectivity index (χ3v) is 4.42. The first-order valence-corrected chi connectivity index (χ1v) is 8.34. The van der Waals surface area contributed by atoms with E-state index in [4.69, 9.17) is 11.6 Å². The van der Waals surface area contributed by atoms with Gasteiger partial charge in [-0.3, -0.25) is 5.01 Å². The lowest BCUT2D eigenvalue weighted by atomic mass is 9.95. The lowest BCUT2D eigenvalue weighted by Crippen LogP contribution is -2.28. The van der Waals surface area contributed by atoms with Gasteiger partial charge in [-0.2, -0.15) is 0 Å². The molecule has 0 spiro atoms. The summed E-state index contributed by atoms with van der Waals surface area (Å²) in [6.45, 7) is 0. The van der Waals surface area contributed by atoms with Gasteiger partial charge in [0, 0.05) is 23.3 Å². The van der Waals surface area contributed by atoms with Gasteiger partial charge < -0.3 is 11.1 Å². The number of thioether (sulfide) groups is 1. The van der Waals surface area contributed by atoms with Crippen LogP contribution in [0.1, 0.15) is 32.1 Å². The number of nitrogens with zero attached hydrogens (tertiary/aromatic N) is 1. The van der Waals surface area contributed by atoms with Crippen molar-refractivity contribution in [3.05, 3.63) is 30.6 Å². The average molecular weight is 292 g/mol. The molecular weight excluding hydrogens is 268 g/mol. The molecule has 110 valence electrons. The summed E-state index contributed by atoms with van der Waals surface area (Å²) in [5.41, 5.74) is 7.48. The van der Waals surface area contributed by atoms with E-state index in [0.717, 1.165) is 11.4 Å². The van der Waals surface area contributed by atoms with E-state index in [9.17, 15) is 0 Å². The second kappa shape index (κ2) is 7.45. The molecule has 1 aliphatic rings. The zero-order valence-corrected chi connectivity index (χ0v) is 12.8. The zero-order valence-electron chi connectivity index (χ0n) is 12.0. The molecule has 5 heteroatoms. The number of hydrogen-bond acceptors (Lipinski definition) is 5. The Hall–Kier alpha value is -1.33. The first-order chi connectivity index (χ1) is 9.74. The van der Waals surface area contributed by atoms with E-state index in [-0.39, 0.29) is 0 Å². The molecule has 1 aromatic rings. The maximum Gasteiger partial charge on any atom is 0.0811 e. The highest BCUT2D eigenvalue weighted by molar-refractivity contribution is 7.98. The summed E-state index contributed by atoms with van der Waals surface area (Å²) in [6.07, 6.45) is 11.6. The lowest BCUT2D eigenvalue weighted by molar-refractivity contribution is 0.463. The van der Waals surface area contributed by atoms with Crippen molar-refractivity contribution in [2.45, 2.75) is 43.0 Å². The van der Waals surface area contributed by atoms with Crippen molar-refractivity contribution in [2.75, 3.05) is 16.6 Å². The molecule has 1 aromatic carbocycles. The summed E-state index contributed by atoms with van der Waals surface area (Å²) in [6, 6.07) is 6.88. The predicted molar refractivity (Wildman–Crippen MR) is 88.7 cm³/mol. The number of nitrogens with two attached hydrogens (primary N) is 2. The maximum absolute atomic E-state index is 6.05. The van der Waals surface area contributed by atoms with Crippen molar-refractivity contribution >= 4 is 23.1 Å². The topological polar surface area (TPSA) is 67.3 Å². The van der Waals surface area contributed by atoms with Crippen molar-refractivity contribution in [2.24, 2.45) is 11.6 Å². The number of benzene rings is 1. The maximum atomic E-state index is 6.05. The highest BCUT2D eigenvalue weighted by atomic mass is 32.2. The lowest BCUT2D eigenvalue weighted by Gasteiger charge is -2.27. The van der Waals surface area contributed by atoms with E-state index in [1.807, 2.05) is 0 Å². The molecule has 4 nitrogen and oxygen atoms in total. The molecule has 0 heterocycles. The first kappa shape index (κ1) is 15.1. The minimum atomic E-state index is 0.554. The van der Waals surface area contributed by atoms with Gasteiger partial charge in [0.15, 0.2) is 0 Å². The van der Waals surface area contributed by atoms with Crippen LogP contribution in [-0.2, 0) is 0 Å². The molecule has 0 atom stereocenters. The molecule has 1 fully saturated rings. The summed E-state index contributed by atoms with van der Waals surface area (Å²) in [5, 5.41) is 5.21. The normalized spacial score (nSPS) is 16.5. The van der Waals surface area contributed by atoms with Crippen LogP contribution in [0, 0.1) is 0 Å². The van der Waals surface area contributed by atoms with Gasteiger partial charge in [0.1, 0.15) is 0 Å². The quantitative estimate of drug-likeness (QED) is 0.441. The van der Waals surface area contributed by atoms with E-state index < -0.39 is 0 Å². The molecule has 0 aliphatic heterocycles. The fourth-order valence-electron chi connectivity index (χ4n) is 2.61. The van der Waals surface area contributed by atoms with Crippen LogP contribution in [0.4, 0.5) is 11.4 Å². The van der Waals surface area contributed by atoms with Crippen LogP contribution < -0.4 is 21.9 Å². The third kappa shape index (κ3) is 3.84. The highest BCUT2D eigenvalue weighted by Crippen LogP contribution is 2.32. The number of rotatable bonds is 5. The Morgan fingerprint density at radius 2 is 2.05 bits per heavy atom. The molecule has 0 unspecified atom stereocenters. The SMILES string of the molecule is CSc1ccc(NC2CCCCC2)c(N(N)/C=C\N)c1. The van der Waals surface area contributed by atoms with E-state index in [1.54, 1.807) is 23.0 Å². The molecule has 0 aromatic heterocycles. The van der Waals surface area contributed by atoms with E-state index >= 15 is 0 Å². The number of hydrazine groups is 1. The molecule has 5 N–H and O–H groups in total. The van der Waals surface area contributed by atoms with Gasteiger partial charge >= 0.3 is 0 Å². The fourth-order valence-corrected chi connectivity index (χ4v) is 3.05. The minimum Gasteiger partial charge on any atom is -0.403 e. The van der Waals surface area contributed by atoms with Crippen molar-refractivity contribution in [1.29, 1.82) is 0 Å². The Balaban J connectivity index is 2.21. The van der Waals surface area contributed by atoms with E-state index in [1.165, 1.54) is 43.2 Å². The van der Waals surface area contributed by atoms with Gasteiger partial charge in [-0.1, -0.05) is 19.3 Å². The molecular formula is C15H24N4S. The second-order valence-corrected chi connectivity index (χ2v) is 5.99. The molecule has 0 amide bonds. The highest BCUT2D eigenvalue weighted by Gasteiger charge is 2.15. The van der Waals surface area contributed by atoms with Crippen LogP contribution in [0.5, 0.6) is 0 Å². The van der Waals surface area contributed by atoms with Crippen molar-refractivity contribution in [1.82, 2.24) is 0 Å². The second-order valence-electron chi connectivity index (χ2n) is 5.11. The predicted octanol–water partition coefficient (Wildman–Crippen LogP) is 3.26. The Labute approximate surface area is 125 Å². The minimum absolute atomic E-state index is 0.554. The smallest absolute Gasteiger partial charge is 0.0811 e. The number of hydrogen-bond donors (Lipinski definition) is 3. The standard InChI is InChI=1S/C15H24N4S/c1-20-13-7-8-14(15(11-13)19(17)10-9-16)18-12-5-3-2-4-6-12/h7-12,18H,2-6,16-17H2,1H3/b10-9-. The summed E-state index contributed by atoms with van der Waals surface area (Å²) < 4.78 is 0. The summed E-state index contributed by atoms with van der Waals surface area (Å²) >= 11 is 1.71. The Morgan fingerprint density at radius 3 is 2.70 bits per heavy atom. The Morgan fingerprint density at radius 1 is 1.30 bits per heavy atom. The van der Waals surface area contributed by atoms with Gasteiger partial charge in [-0.15, -0.1) is 11.8 Å². The van der Waals surface area contributed by atoms with Crippen LogP contribution in [0.15, 0.2) is 35.5 Å². The van der Waals surface area contributed by atoms with Crippen LogP contribution in [0.2, 0.25) is 0 Å². The Bertz CT molecular complexity index is 455.